The first-order valence-electron chi connectivity index (χ1n) is 7.67. The summed E-state index contributed by atoms with van der Waals surface area (Å²) in [6.45, 7) is 0. The van der Waals surface area contributed by atoms with Crippen LogP contribution in [0.4, 0.5) is 5.69 Å². The number of nitrogens with zero attached hydrogens (tertiary/aromatic N) is 4. The first-order valence-corrected chi connectivity index (χ1v) is 9.79. The number of nitrogens with one attached hydrogen (secondary N) is 1. The summed E-state index contributed by atoms with van der Waals surface area (Å²) < 4.78 is 1.24. The lowest BCUT2D eigenvalue weighted by molar-refractivity contribution is -0.113. The van der Waals surface area contributed by atoms with Gasteiger partial charge in [0.1, 0.15) is 6.07 Å². The molecule has 0 unspecified atom stereocenters. The predicted octanol–water partition coefficient (Wildman–Crippen LogP) is 4.22. The molecule has 0 atom stereocenters. The topological polar surface area (TPSA) is 110 Å². The van der Waals surface area contributed by atoms with E-state index in [1.807, 2.05) is 6.07 Å². The van der Waals surface area contributed by atoms with Crippen LogP contribution in [0.1, 0.15) is 5.56 Å². The van der Waals surface area contributed by atoms with Gasteiger partial charge in [-0.05, 0) is 36.4 Å². The van der Waals surface area contributed by atoms with E-state index in [0.717, 1.165) is 11.8 Å². The summed E-state index contributed by atoms with van der Waals surface area (Å²) >= 11 is 19.1. The summed E-state index contributed by atoms with van der Waals surface area (Å²) in [4.78, 5) is 12.2. The number of anilines is 1. The minimum absolute atomic E-state index is 0.00106. The molecule has 0 aliphatic rings. The van der Waals surface area contributed by atoms with Gasteiger partial charge in [-0.3, -0.25) is 4.79 Å². The molecule has 2 aromatic carbocycles. The lowest BCUT2D eigenvalue weighted by Gasteiger charge is -2.08. The molecule has 0 spiro atoms. The molecule has 142 valence electrons. The minimum atomic E-state index is -0.349. The van der Waals surface area contributed by atoms with Crippen LogP contribution in [-0.2, 0) is 4.79 Å². The van der Waals surface area contributed by atoms with E-state index >= 15 is 0 Å². The van der Waals surface area contributed by atoms with Gasteiger partial charge >= 0.3 is 0 Å². The smallest absolute Gasteiger partial charge is 0.234 e. The third-order valence-corrected chi connectivity index (χ3v) is 5.27. The molecule has 0 fully saturated rings. The van der Waals surface area contributed by atoms with Gasteiger partial charge < -0.3 is 11.2 Å². The molecular weight excluding hydrogens is 443 g/mol. The second-order valence-electron chi connectivity index (χ2n) is 5.44. The Morgan fingerprint density at radius 3 is 2.61 bits per heavy atom. The maximum Gasteiger partial charge on any atom is 0.234 e. The second-order valence-corrected chi connectivity index (χ2v) is 7.66. The van der Waals surface area contributed by atoms with Crippen molar-refractivity contribution in [1.82, 2.24) is 14.9 Å². The van der Waals surface area contributed by atoms with Gasteiger partial charge in [0.25, 0.3) is 0 Å². The zero-order valence-electron chi connectivity index (χ0n) is 14.0. The molecule has 1 heterocycles. The van der Waals surface area contributed by atoms with E-state index in [9.17, 15) is 4.79 Å². The Bertz CT molecular complexity index is 1090. The van der Waals surface area contributed by atoms with Crippen molar-refractivity contribution in [2.45, 2.75) is 5.16 Å². The number of hydrogen-bond acceptors (Lipinski definition) is 6. The first-order chi connectivity index (χ1) is 13.4. The van der Waals surface area contributed by atoms with Crippen molar-refractivity contribution >= 4 is 58.2 Å². The third kappa shape index (κ3) is 4.51. The molecule has 28 heavy (non-hydrogen) atoms. The van der Waals surface area contributed by atoms with Crippen molar-refractivity contribution in [3.8, 4) is 17.5 Å². The maximum absolute atomic E-state index is 12.2. The van der Waals surface area contributed by atoms with Crippen LogP contribution in [0.2, 0.25) is 15.1 Å². The highest BCUT2D eigenvalue weighted by molar-refractivity contribution is 7.99. The van der Waals surface area contributed by atoms with Gasteiger partial charge in [-0.15, -0.1) is 10.2 Å². The summed E-state index contributed by atoms with van der Waals surface area (Å²) in [6, 6.07) is 11.5. The normalized spacial score (nSPS) is 10.5. The Morgan fingerprint density at radius 1 is 1.18 bits per heavy atom. The third-order valence-electron chi connectivity index (χ3n) is 3.55. The van der Waals surface area contributed by atoms with Gasteiger partial charge in [-0.2, -0.15) is 5.26 Å². The Kier molecular flexibility index (Phi) is 6.31. The monoisotopic (exact) mass is 452 g/mol. The minimum Gasteiger partial charge on any atom is -0.335 e. The number of nitriles is 1. The number of rotatable bonds is 5. The molecule has 0 bridgehead atoms. The quantitative estimate of drug-likeness (QED) is 0.442. The van der Waals surface area contributed by atoms with E-state index in [-0.39, 0.29) is 11.7 Å². The number of thioether (sulfide) groups is 1. The van der Waals surface area contributed by atoms with Crippen molar-refractivity contribution in [2.24, 2.45) is 0 Å². The summed E-state index contributed by atoms with van der Waals surface area (Å²) in [5, 5.41) is 21.4. The van der Waals surface area contributed by atoms with E-state index < -0.39 is 0 Å². The zero-order chi connectivity index (χ0) is 20.3. The van der Waals surface area contributed by atoms with Crippen molar-refractivity contribution in [2.75, 3.05) is 16.9 Å². The van der Waals surface area contributed by atoms with Crippen LogP contribution >= 0.6 is 46.6 Å². The maximum atomic E-state index is 12.2. The number of benzene rings is 2. The Hall–Kier alpha value is -2.44. The van der Waals surface area contributed by atoms with Gasteiger partial charge in [0, 0.05) is 15.6 Å². The lowest BCUT2D eigenvalue weighted by Crippen LogP contribution is -2.17. The highest BCUT2D eigenvalue weighted by Crippen LogP contribution is 2.30. The molecular formula is C17H11Cl3N6OS. The molecule has 0 aliphatic heterocycles. The van der Waals surface area contributed by atoms with Crippen LogP contribution < -0.4 is 11.2 Å². The molecule has 3 aromatic rings. The van der Waals surface area contributed by atoms with Crippen LogP contribution in [0.5, 0.6) is 0 Å². The highest BCUT2D eigenvalue weighted by atomic mass is 35.5. The van der Waals surface area contributed by atoms with Gasteiger partial charge in [0.05, 0.1) is 22.0 Å². The molecule has 0 saturated heterocycles. The van der Waals surface area contributed by atoms with Crippen LogP contribution in [0, 0.1) is 11.3 Å². The molecule has 0 saturated carbocycles. The fourth-order valence-corrected chi connectivity index (χ4v) is 3.59. The number of aromatic nitrogens is 3. The molecule has 0 aliphatic carbocycles. The SMILES string of the molecule is N#Cc1ccc(Cl)cc1NC(=O)CSc1nnc(-c2ccc(Cl)cc2Cl)n1N. The summed E-state index contributed by atoms with van der Waals surface area (Å²) in [7, 11) is 0. The highest BCUT2D eigenvalue weighted by Gasteiger charge is 2.16. The number of carbonyl (C=O) groups is 1. The van der Waals surface area contributed by atoms with Crippen molar-refractivity contribution in [3.05, 3.63) is 57.0 Å². The number of amides is 1. The van der Waals surface area contributed by atoms with Gasteiger partial charge in [0.15, 0.2) is 5.82 Å². The first kappa shape index (κ1) is 20.3. The second kappa shape index (κ2) is 8.71. The van der Waals surface area contributed by atoms with E-state index in [2.05, 4.69) is 15.5 Å². The molecule has 3 rings (SSSR count). The van der Waals surface area contributed by atoms with Crippen molar-refractivity contribution in [3.63, 3.8) is 0 Å². The number of nitrogen functional groups attached to an aromatic ring is 1. The Balaban J connectivity index is 1.70. The number of hydrogen-bond donors (Lipinski definition) is 2. The molecule has 11 heteroatoms. The number of carbonyl (C=O) groups excluding carboxylic acids is 1. The van der Waals surface area contributed by atoms with Gasteiger partial charge in [0.2, 0.25) is 11.1 Å². The summed E-state index contributed by atoms with van der Waals surface area (Å²) in [5.74, 6) is 6.02. The van der Waals surface area contributed by atoms with Crippen molar-refractivity contribution in [1.29, 1.82) is 5.26 Å². The number of nitrogens with two attached hydrogens (primary N) is 1. The molecule has 0 radical (unpaired) electrons. The zero-order valence-corrected chi connectivity index (χ0v) is 17.1. The van der Waals surface area contributed by atoms with Crippen LogP contribution in [0.15, 0.2) is 41.6 Å². The molecule has 3 N–H and O–H groups in total. The average molecular weight is 454 g/mol. The van der Waals surface area contributed by atoms with Crippen LogP contribution in [0.25, 0.3) is 11.4 Å². The lowest BCUT2D eigenvalue weighted by atomic mass is 10.2. The predicted molar refractivity (Wildman–Crippen MR) is 111 cm³/mol. The van der Waals surface area contributed by atoms with Gasteiger partial charge in [-0.25, -0.2) is 4.68 Å². The van der Waals surface area contributed by atoms with E-state index in [4.69, 9.17) is 45.9 Å². The van der Waals surface area contributed by atoms with Crippen molar-refractivity contribution < 1.29 is 4.79 Å². The largest absolute Gasteiger partial charge is 0.335 e. The van der Waals surface area contributed by atoms with E-state index in [1.54, 1.807) is 24.3 Å². The fraction of sp³-hybridized carbons (Fsp3) is 0.0588. The molecule has 7 nitrogen and oxygen atoms in total. The molecule has 1 aromatic heterocycles. The van der Waals surface area contributed by atoms with Crippen LogP contribution in [-0.4, -0.2) is 26.5 Å². The number of halogens is 3. The van der Waals surface area contributed by atoms with E-state index in [1.165, 1.54) is 16.8 Å². The molecule has 1 amide bonds. The Labute approximate surface area is 179 Å². The van der Waals surface area contributed by atoms with E-state index in [0.29, 0.717) is 42.9 Å². The summed E-state index contributed by atoms with van der Waals surface area (Å²) in [6.07, 6.45) is 0. The van der Waals surface area contributed by atoms with Gasteiger partial charge in [-0.1, -0.05) is 46.6 Å². The standard InChI is InChI=1S/C17H11Cl3N6OS/c18-10-3-4-12(13(20)5-10)16-24-25-17(26(16)22)28-8-15(27)23-14-6-11(19)2-1-9(14)7-21/h1-6H,8,22H2,(H,23,27). The average Bonchev–Trinajstić information content (AvgIpc) is 3.01. The summed E-state index contributed by atoms with van der Waals surface area (Å²) in [5.41, 5.74) is 1.21. The Morgan fingerprint density at radius 2 is 1.89 bits per heavy atom. The van der Waals surface area contributed by atoms with Crippen LogP contribution in [0.3, 0.4) is 0 Å². The fourth-order valence-electron chi connectivity index (χ4n) is 2.26.